The van der Waals surface area contributed by atoms with Crippen LogP contribution in [0.4, 0.5) is 10.1 Å². The first-order valence-electron chi connectivity index (χ1n) is 12.6. The number of ketones is 1. The zero-order valence-electron chi connectivity index (χ0n) is 21.1. The van der Waals surface area contributed by atoms with Crippen molar-refractivity contribution in [1.29, 1.82) is 0 Å². The molecule has 0 saturated heterocycles. The highest BCUT2D eigenvalue weighted by atomic mass is 35.5. The molecule has 0 saturated carbocycles. The van der Waals surface area contributed by atoms with Gasteiger partial charge >= 0.3 is 0 Å². The zero-order valence-corrected chi connectivity index (χ0v) is 22.6. The van der Waals surface area contributed by atoms with Crippen LogP contribution in [0.15, 0.2) is 78.4 Å². The SMILES string of the molecule is CC1(C)CC(=O)C2=C(C1)c1c(ccc3ccccc13)N[C@H]2c1cc(Cl)ccc1OCc1c(F)cccc1Cl. The topological polar surface area (TPSA) is 38.3 Å². The largest absolute Gasteiger partial charge is 0.488 e. The molecule has 0 spiro atoms. The van der Waals surface area contributed by atoms with Crippen LogP contribution in [-0.2, 0) is 11.4 Å². The van der Waals surface area contributed by atoms with Crippen molar-refractivity contribution in [2.24, 2.45) is 5.41 Å². The van der Waals surface area contributed by atoms with E-state index in [2.05, 4.69) is 43.4 Å². The molecule has 38 heavy (non-hydrogen) atoms. The minimum absolute atomic E-state index is 0.0546. The lowest BCUT2D eigenvalue weighted by molar-refractivity contribution is -0.118. The van der Waals surface area contributed by atoms with Gasteiger partial charge in [-0.3, -0.25) is 4.79 Å². The molecule has 2 aliphatic rings. The maximum absolute atomic E-state index is 14.5. The summed E-state index contributed by atoms with van der Waals surface area (Å²) in [6.07, 6.45) is 1.22. The maximum Gasteiger partial charge on any atom is 0.162 e. The van der Waals surface area contributed by atoms with Crippen molar-refractivity contribution in [2.45, 2.75) is 39.3 Å². The van der Waals surface area contributed by atoms with Crippen LogP contribution in [0.5, 0.6) is 5.75 Å². The normalized spacial score (nSPS) is 18.1. The number of carbonyl (C=O) groups is 1. The summed E-state index contributed by atoms with van der Waals surface area (Å²) in [5, 5.41) is 6.70. The molecule has 1 aliphatic heterocycles. The van der Waals surface area contributed by atoms with Crippen LogP contribution in [0.1, 0.15) is 49.4 Å². The van der Waals surface area contributed by atoms with E-state index in [0.717, 1.165) is 45.2 Å². The van der Waals surface area contributed by atoms with Crippen LogP contribution >= 0.6 is 23.2 Å². The first-order chi connectivity index (χ1) is 18.2. The van der Waals surface area contributed by atoms with Crippen molar-refractivity contribution in [3.8, 4) is 5.75 Å². The van der Waals surface area contributed by atoms with E-state index < -0.39 is 11.9 Å². The van der Waals surface area contributed by atoms with Gasteiger partial charge in [-0.25, -0.2) is 4.39 Å². The number of benzene rings is 4. The van der Waals surface area contributed by atoms with Crippen LogP contribution < -0.4 is 10.1 Å². The number of Topliss-reactive ketones (excluding diaryl/α,β-unsaturated/α-hetero) is 1. The van der Waals surface area contributed by atoms with Gasteiger partial charge in [0.05, 0.1) is 11.1 Å². The van der Waals surface area contributed by atoms with Crippen molar-refractivity contribution in [3.05, 3.63) is 111 Å². The minimum Gasteiger partial charge on any atom is -0.488 e. The average Bonchev–Trinajstić information content (AvgIpc) is 2.87. The fourth-order valence-electron chi connectivity index (χ4n) is 5.77. The van der Waals surface area contributed by atoms with Gasteiger partial charge < -0.3 is 10.1 Å². The Labute approximate surface area is 231 Å². The maximum atomic E-state index is 14.5. The van der Waals surface area contributed by atoms with E-state index in [-0.39, 0.29) is 23.4 Å². The molecular weight excluding hydrogens is 520 g/mol. The second-order valence-electron chi connectivity index (χ2n) is 10.8. The first kappa shape index (κ1) is 25.0. The van der Waals surface area contributed by atoms with E-state index in [1.54, 1.807) is 24.3 Å². The van der Waals surface area contributed by atoms with Gasteiger partial charge in [-0.15, -0.1) is 0 Å². The molecule has 0 aromatic heterocycles. The molecule has 4 aromatic carbocycles. The smallest absolute Gasteiger partial charge is 0.162 e. The van der Waals surface area contributed by atoms with Crippen LogP contribution in [0, 0.1) is 11.2 Å². The number of nitrogens with one attached hydrogen (secondary N) is 1. The van der Waals surface area contributed by atoms with Gasteiger partial charge in [0.2, 0.25) is 0 Å². The van der Waals surface area contributed by atoms with Crippen LogP contribution in [0.3, 0.4) is 0 Å². The number of fused-ring (bicyclic) bond motifs is 4. The number of hydrogen-bond donors (Lipinski definition) is 1. The first-order valence-corrected chi connectivity index (χ1v) is 13.4. The number of anilines is 1. The molecule has 1 heterocycles. The van der Waals surface area contributed by atoms with Gasteiger partial charge in [0.25, 0.3) is 0 Å². The lowest BCUT2D eigenvalue weighted by Gasteiger charge is -2.40. The fourth-order valence-corrected chi connectivity index (χ4v) is 6.17. The van der Waals surface area contributed by atoms with Crippen molar-refractivity contribution in [3.63, 3.8) is 0 Å². The Morgan fingerprint density at radius 1 is 1.00 bits per heavy atom. The second kappa shape index (κ2) is 9.44. The van der Waals surface area contributed by atoms with E-state index in [0.29, 0.717) is 22.2 Å². The van der Waals surface area contributed by atoms with Crippen molar-refractivity contribution >= 4 is 51.0 Å². The fraction of sp³-hybridized carbons (Fsp3) is 0.219. The highest BCUT2D eigenvalue weighted by Gasteiger charge is 2.41. The van der Waals surface area contributed by atoms with E-state index in [1.165, 1.54) is 6.07 Å². The van der Waals surface area contributed by atoms with Crippen molar-refractivity contribution < 1.29 is 13.9 Å². The standard InChI is InChI=1S/C32H26Cl2FNO2/c1-32(2)15-22-29-20-7-4-3-6-18(20)10-12-26(29)36-31(30(22)27(37)16-32)21-14-19(33)11-13-28(21)38-17-23-24(34)8-5-9-25(23)35/h3-14,31,36H,15-17H2,1-2H3/t31-/m0/s1. The van der Waals surface area contributed by atoms with Gasteiger partial charge in [-0.2, -0.15) is 0 Å². The Morgan fingerprint density at radius 3 is 2.63 bits per heavy atom. The van der Waals surface area contributed by atoms with E-state index >= 15 is 0 Å². The van der Waals surface area contributed by atoms with E-state index in [4.69, 9.17) is 27.9 Å². The zero-order chi connectivity index (χ0) is 26.6. The molecule has 1 atom stereocenters. The predicted molar refractivity (Wildman–Crippen MR) is 152 cm³/mol. The summed E-state index contributed by atoms with van der Waals surface area (Å²) < 4.78 is 20.6. The summed E-state index contributed by atoms with van der Waals surface area (Å²) in [5.41, 5.74) is 4.68. The van der Waals surface area contributed by atoms with Gasteiger partial charge in [-0.1, -0.05) is 73.4 Å². The number of ether oxygens (including phenoxy) is 1. The molecule has 0 bridgehead atoms. The van der Waals surface area contributed by atoms with Crippen LogP contribution in [0.2, 0.25) is 10.0 Å². The van der Waals surface area contributed by atoms with Crippen molar-refractivity contribution in [2.75, 3.05) is 5.32 Å². The summed E-state index contributed by atoms with van der Waals surface area (Å²) in [4.78, 5) is 13.8. The van der Waals surface area contributed by atoms with Crippen LogP contribution in [-0.4, -0.2) is 5.78 Å². The number of allylic oxidation sites excluding steroid dienone is 1. The molecule has 6 rings (SSSR count). The highest BCUT2D eigenvalue weighted by Crippen LogP contribution is 2.53. The summed E-state index contributed by atoms with van der Waals surface area (Å²) in [5.74, 6) is 0.189. The summed E-state index contributed by atoms with van der Waals surface area (Å²) in [6, 6.07) is 21.8. The third kappa shape index (κ3) is 4.36. The Bertz CT molecular complexity index is 1620. The molecule has 192 valence electrons. The number of hydrogen-bond acceptors (Lipinski definition) is 3. The van der Waals surface area contributed by atoms with Gasteiger partial charge in [0.1, 0.15) is 18.2 Å². The predicted octanol–water partition coefficient (Wildman–Crippen LogP) is 9.17. The number of rotatable bonds is 4. The van der Waals surface area contributed by atoms with Crippen molar-refractivity contribution in [1.82, 2.24) is 0 Å². The third-order valence-corrected chi connectivity index (χ3v) is 8.05. The van der Waals surface area contributed by atoms with Gasteiger partial charge in [0, 0.05) is 39.4 Å². The number of halogens is 3. The van der Waals surface area contributed by atoms with Gasteiger partial charge in [0.15, 0.2) is 5.78 Å². The molecule has 4 aromatic rings. The van der Waals surface area contributed by atoms with E-state index in [1.807, 2.05) is 18.2 Å². The summed E-state index contributed by atoms with van der Waals surface area (Å²) >= 11 is 12.7. The van der Waals surface area contributed by atoms with Gasteiger partial charge in [-0.05, 0) is 64.6 Å². The molecule has 0 amide bonds. The Kier molecular flexibility index (Phi) is 6.20. The molecular formula is C32H26Cl2FNO2. The lowest BCUT2D eigenvalue weighted by Crippen LogP contribution is -2.33. The third-order valence-electron chi connectivity index (χ3n) is 7.46. The Morgan fingerprint density at radius 2 is 1.82 bits per heavy atom. The molecule has 1 aliphatic carbocycles. The summed E-state index contributed by atoms with van der Waals surface area (Å²) in [7, 11) is 0. The molecule has 3 nitrogen and oxygen atoms in total. The molecule has 1 N–H and O–H groups in total. The monoisotopic (exact) mass is 545 g/mol. The molecule has 0 fully saturated rings. The Hall–Kier alpha value is -3.34. The highest BCUT2D eigenvalue weighted by molar-refractivity contribution is 6.31. The minimum atomic E-state index is -0.466. The second-order valence-corrected chi connectivity index (χ2v) is 11.6. The lowest BCUT2D eigenvalue weighted by atomic mass is 9.68. The Balaban J connectivity index is 1.50. The summed E-state index contributed by atoms with van der Waals surface area (Å²) in [6.45, 7) is 4.23. The average molecular weight is 546 g/mol. The molecule has 0 unspecified atom stereocenters. The van der Waals surface area contributed by atoms with E-state index in [9.17, 15) is 9.18 Å². The number of carbonyl (C=O) groups excluding carboxylic acids is 1. The molecule has 0 radical (unpaired) electrons. The molecule has 6 heteroatoms. The quantitative estimate of drug-likeness (QED) is 0.277. The van der Waals surface area contributed by atoms with Crippen LogP contribution in [0.25, 0.3) is 16.3 Å².